The fraction of sp³-hybridized carbons (Fsp3) is 0.0556. The summed E-state index contributed by atoms with van der Waals surface area (Å²) in [5.41, 5.74) is 1.71. The van der Waals surface area contributed by atoms with Crippen molar-refractivity contribution in [2.24, 2.45) is 0 Å². The smallest absolute Gasteiger partial charge is 0.338 e. The van der Waals surface area contributed by atoms with Crippen molar-refractivity contribution in [2.45, 2.75) is 0 Å². The van der Waals surface area contributed by atoms with Crippen molar-refractivity contribution in [3.63, 3.8) is 0 Å². The van der Waals surface area contributed by atoms with Gasteiger partial charge in [-0.2, -0.15) is 0 Å². The molecule has 0 unspecified atom stereocenters. The molecule has 1 heterocycles. The zero-order chi connectivity index (χ0) is 18.5. The van der Waals surface area contributed by atoms with E-state index in [4.69, 9.17) is 27.9 Å². The van der Waals surface area contributed by atoms with Crippen LogP contribution in [-0.4, -0.2) is 23.5 Å². The maximum Gasteiger partial charge on any atom is 0.338 e. The molecule has 0 saturated heterocycles. The average molecular weight is 407 g/mol. The minimum Gasteiger partial charge on any atom is -0.452 e. The molecule has 0 spiro atoms. The van der Waals surface area contributed by atoms with Gasteiger partial charge in [0, 0.05) is 21.0 Å². The van der Waals surface area contributed by atoms with Gasteiger partial charge in [0.15, 0.2) is 11.7 Å². The molecule has 0 aliphatic carbocycles. The number of carbonyl (C=O) groups is 2. The Morgan fingerprint density at radius 1 is 1.12 bits per heavy atom. The number of ether oxygens (including phenoxy) is 1. The van der Waals surface area contributed by atoms with Crippen molar-refractivity contribution in [2.75, 3.05) is 11.9 Å². The van der Waals surface area contributed by atoms with Crippen LogP contribution in [0.4, 0.5) is 5.13 Å². The lowest BCUT2D eigenvalue weighted by Crippen LogP contribution is -2.20. The third-order valence-corrected chi connectivity index (χ3v) is 4.62. The number of aromatic nitrogens is 1. The summed E-state index contributed by atoms with van der Waals surface area (Å²) in [5.74, 6) is -1.11. The van der Waals surface area contributed by atoms with E-state index in [9.17, 15) is 9.59 Å². The molecule has 1 aromatic heterocycles. The number of halogens is 2. The highest BCUT2D eigenvalue weighted by atomic mass is 35.5. The number of anilines is 1. The molecule has 3 aromatic rings. The summed E-state index contributed by atoms with van der Waals surface area (Å²) in [6.45, 7) is -0.424. The third kappa shape index (κ3) is 4.60. The van der Waals surface area contributed by atoms with Crippen LogP contribution in [0.25, 0.3) is 11.3 Å². The van der Waals surface area contributed by atoms with Crippen LogP contribution in [0.1, 0.15) is 10.4 Å². The van der Waals surface area contributed by atoms with Gasteiger partial charge >= 0.3 is 5.97 Å². The molecule has 0 saturated carbocycles. The molecule has 0 aliphatic heterocycles. The highest BCUT2D eigenvalue weighted by molar-refractivity contribution is 7.14. The Morgan fingerprint density at radius 2 is 1.92 bits per heavy atom. The number of nitrogens with one attached hydrogen (secondary N) is 1. The van der Waals surface area contributed by atoms with Crippen molar-refractivity contribution in [3.8, 4) is 11.3 Å². The average Bonchev–Trinajstić information content (AvgIpc) is 3.08. The summed E-state index contributed by atoms with van der Waals surface area (Å²) in [4.78, 5) is 28.2. The number of nitrogens with zero attached hydrogens (tertiary/aromatic N) is 1. The van der Waals surface area contributed by atoms with Crippen molar-refractivity contribution < 1.29 is 14.3 Å². The predicted octanol–water partition coefficient (Wildman–Crippen LogP) is 4.91. The van der Waals surface area contributed by atoms with E-state index in [1.165, 1.54) is 17.4 Å². The van der Waals surface area contributed by atoms with Crippen LogP contribution in [0.15, 0.2) is 53.9 Å². The lowest BCUT2D eigenvalue weighted by molar-refractivity contribution is -0.119. The largest absolute Gasteiger partial charge is 0.452 e. The van der Waals surface area contributed by atoms with Crippen LogP contribution in [-0.2, 0) is 9.53 Å². The van der Waals surface area contributed by atoms with Gasteiger partial charge in [0.1, 0.15) is 0 Å². The molecule has 26 heavy (non-hydrogen) atoms. The van der Waals surface area contributed by atoms with Gasteiger partial charge in [-0.05, 0) is 24.3 Å². The molecule has 0 fully saturated rings. The molecule has 2 aromatic carbocycles. The summed E-state index contributed by atoms with van der Waals surface area (Å²) in [6.07, 6.45) is 0. The zero-order valence-corrected chi connectivity index (χ0v) is 15.6. The van der Waals surface area contributed by atoms with Crippen LogP contribution in [0.2, 0.25) is 10.0 Å². The number of benzene rings is 2. The number of rotatable bonds is 5. The van der Waals surface area contributed by atoms with Crippen molar-refractivity contribution in [1.82, 2.24) is 4.98 Å². The number of hydrogen-bond acceptors (Lipinski definition) is 5. The first-order valence-electron chi connectivity index (χ1n) is 7.46. The SMILES string of the molecule is O=C(COC(=O)c1cccc(Cl)c1)Nc1nc(-c2ccccc2Cl)cs1. The van der Waals surface area contributed by atoms with Gasteiger partial charge in [-0.15, -0.1) is 11.3 Å². The number of carbonyl (C=O) groups excluding carboxylic acids is 2. The second-order valence-corrected chi connectivity index (χ2v) is 6.85. The second kappa shape index (κ2) is 8.31. The number of esters is 1. The maximum absolute atomic E-state index is 12.0. The van der Waals surface area contributed by atoms with Crippen molar-refractivity contribution in [1.29, 1.82) is 0 Å². The highest BCUT2D eigenvalue weighted by Crippen LogP contribution is 2.30. The Balaban J connectivity index is 1.57. The fourth-order valence-electron chi connectivity index (χ4n) is 2.11. The minimum atomic E-state index is -0.626. The molecule has 0 atom stereocenters. The Kier molecular flexibility index (Phi) is 5.88. The number of amides is 1. The molecule has 0 aliphatic rings. The molecule has 8 heteroatoms. The van der Waals surface area contributed by atoms with E-state index < -0.39 is 18.5 Å². The summed E-state index contributed by atoms with van der Waals surface area (Å²) >= 11 is 13.2. The van der Waals surface area contributed by atoms with E-state index in [0.717, 1.165) is 5.56 Å². The quantitative estimate of drug-likeness (QED) is 0.610. The number of hydrogen-bond donors (Lipinski definition) is 1. The second-order valence-electron chi connectivity index (χ2n) is 5.15. The first kappa shape index (κ1) is 18.4. The molecule has 1 N–H and O–H groups in total. The van der Waals surface area contributed by atoms with E-state index in [1.54, 1.807) is 29.6 Å². The molecule has 0 bridgehead atoms. The first-order chi connectivity index (χ1) is 12.5. The minimum absolute atomic E-state index is 0.278. The van der Waals surface area contributed by atoms with E-state index in [1.807, 2.05) is 18.2 Å². The Hall–Kier alpha value is -2.41. The van der Waals surface area contributed by atoms with E-state index in [0.29, 0.717) is 20.9 Å². The normalized spacial score (nSPS) is 10.4. The highest BCUT2D eigenvalue weighted by Gasteiger charge is 2.13. The maximum atomic E-state index is 12.0. The molecule has 0 radical (unpaired) electrons. The van der Waals surface area contributed by atoms with Crippen LogP contribution in [0.3, 0.4) is 0 Å². The predicted molar refractivity (Wildman–Crippen MR) is 103 cm³/mol. The standard InChI is InChI=1S/C18H12Cl2N2O3S/c19-12-5-3-4-11(8-12)17(24)25-9-16(23)22-18-21-15(10-26-18)13-6-1-2-7-14(13)20/h1-8,10H,9H2,(H,21,22,23). The van der Waals surface area contributed by atoms with Gasteiger partial charge in [0.05, 0.1) is 11.3 Å². The van der Waals surface area contributed by atoms with E-state index in [2.05, 4.69) is 10.3 Å². The summed E-state index contributed by atoms with van der Waals surface area (Å²) in [7, 11) is 0. The summed E-state index contributed by atoms with van der Waals surface area (Å²) in [5, 5.41) is 5.76. The Bertz CT molecular complexity index is 959. The molecular weight excluding hydrogens is 395 g/mol. The molecular formula is C18H12Cl2N2O3S. The molecule has 132 valence electrons. The van der Waals surface area contributed by atoms with Gasteiger partial charge in [0.25, 0.3) is 5.91 Å². The molecule has 1 amide bonds. The summed E-state index contributed by atoms with van der Waals surface area (Å²) in [6, 6.07) is 13.6. The topological polar surface area (TPSA) is 68.3 Å². The lowest BCUT2D eigenvalue weighted by atomic mass is 10.2. The van der Waals surface area contributed by atoms with Crippen LogP contribution < -0.4 is 5.32 Å². The Morgan fingerprint density at radius 3 is 2.69 bits per heavy atom. The fourth-order valence-corrected chi connectivity index (χ4v) is 3.26. The lowest BCUT2D eigenvalue weighted by Gasteiger charge is -2.05. The van der Waals surface area contributed by atoms with Crippen LogP contribution in [0, 0.1) is 0 Å². The van der Waals surface area contributed by atoms with Crippen LogP contribution >= 0.6 is 34.5 Å². The van der Waals surface area contributed by atoms with Crippen LogP contribution in [0.5, 0.6) is 0 Å². The van der Waals surface area contributed by atoms with Crippen molar-refractivity contribution >= 4 is 51.5 Å². The monoisotopic (exact) mass is 406 g/mol. The number of thiazole rings is 1. The Labute approximate surface area is 163 Å². The summed E-state index contributed by atoms with van der Waals surface area (Å²) < 4.78 is 4.97. The van der Waals surface area contributed by atoms with Gasteiger partial charge in [-0.25, -0.2) is 9.78 Å². The zero-order valence-electron chi connectivity index (χ0n) is 13.2. The van der Waals surface area contributed by atoms with Gasteiger partial charge < -0.3 is 4.74 Å². The molecule has 5 nitrogen and oxygen atoms in total. The first-order valence-corrected chi connectivity index (χ1v) is 9.09. The van der Waals surface area contributed by atoms with Gasteiger partial charge in [-0.3, -0.25) is 10.1 Å². The van der Waals surface area contributed by atoms with E-state index in [-0.39, 0.29) is 5.56 Å². The third-order valence-electron chi connectivity index (χ3n) is 3.30. The van der Waals surface area contributed by atoms with Gasteiger partial charge in [0.2, 0.25) is 0 Å². The molecule has 3 rings (SSSR count). The van der Waals surface area contributed by atoms with Gasteiger partial charge in [-0.1, -0.05) is 47.5 Å². The van der Waals surface area contributed by atoms with E-state index >= 15 is 0 Å². The van der Waals surface area contributed by atoms with Crippen molar-refractivity contribution in [3.05, 3.63) is 69.5 Å².